The topological polar surface area (TPSA) is 72.8 Å². The molecule has 0 atom stereocenters. The van der Waals surface area contributed by atoms with Crippen LogP contribution in [0.15, 0.2) is 61.4 Å². The standard InChI is InChI=1S/C18H16O5/c1-2-9-22-17(20)15-6-4-14-12-16(7-5-13(14)11-15)18(21)23-10-3-8-19/h2-8,11-12,19H,1,9-10H2. The summed E-state index contributed by atoms with van der Waals surface area (Å²) in [5, 5.41) is 10.1. The molecule has 0 aliphatic heterocycles. The van der Waals surface area contributed by atoms with Crippen LogP contribution >= 0.6 is 0 Å². The number of esters is 2. The minimum atomic E-state index is -0.487. The van der Waals surface area contributed by atoms with E-state index >= 15 is 0 Å². The Hall–Kier alpha value is -3.08. The molecule has 0 radical (unpaired) electrons. The van der Waals surface area contributed by atoms with E-state index < -0.39 is 11.9 Å². The highest BCUT2D eigenvalue weighted by Gasteiger charge is 2.10. The van der Waals surface area contributed by atoms with E-state index in [1.807, 2.05) is 0 Å². The van der Waals surface area contributed by atoms with Crippen molar-refractivity contribution in [3.8, 4) is 0 Å². The van der Waals surface area contributed by atoms with Gasteiger partial charge < -0.3 is 14.6 Å². The third-order valence-corrected chi connectivity index (χ3v) is 3.06. The number of benzene rings is 2. The summed E-state index contributed by atoms with van der Waals surface area (Å²) in [6.07, 6.45) is 3.64. The molecule has 0 bridgehead atoms. The predicted octanol–water partition coefficient (Wildman–Crippen LogP) is 3.41. The maximum atomic E-state index is 11.8. The van der Waals surface area contributed by atoms with Crippen LogP contribution in [0.5, 0.6) is 0 Å². The van der Waals surface area contributed by atoms with Gasteiger partial charge in [-0.3, -0.25) is 0 Å². The molecule has 0 aliphatic rings. The van der Waals surface area contributed by atoms with Crippen molar-refractivity contribution in [3.63, 3.8) is 0 Å². The monoisotopic (exact) mass is 312 g/mol. The molecule has 2 rings (SSSR count). The molecule has 0 unspecified atom stereocenters. The Morgan fingerprint density at radius 1 is 0.957 bits per heavy atom. The predicted molar refractivity (Wildman–Crippen MR) is 86.5 cm³/mol. The highest BCUT2D eigenvalue weighted by Crippen LogP contribution is 2.19. The van der Waals surface area contributed by atoms with Crippen LogP contribution in [0, 0.1) is 0 Å². The average Bonchev–Trinajstić information content (AvgIpc) is 2.58. The van der Waals surface area contributed by atoms with Crippen molar-refractivity contribution in [3.05, 3.63) is 72.5 Å². The van der Waals surface area contributed by atoms with Gasteiger partial charge in [0.1, 0.15) is 13.2 Å². The first-order valence-corrected chi connectivity index (χ1v) is 6.94. The molecular formula is C18H16O5. The lowest BCUT2D eigenvalue weighted by Gasteiger charge is -2.06. The van der Waals surface area contributed by atoms with Crippen LogP contribution in [0.25, 0.3) is 10.8 Å². The molecular weight excluding hydrogens is 296 g/mol. The number of carbonyl (C=O) groups is 2. The van der Waals surface area contributed by atoms with Gasteiger partial charge in [-0.2, -0.15) is 0 Å². The zero-order valence-corrected chi connectivity index (χ0v) is 12.4. The Bertz CT molecular complexity index is 761. The molecule has 0 spiro atoms. The Labute approximate surface area is 133 Å². The zero-order valence-electron chi connectivity index (χ0n) is 12.4. The smallest absolute Gasteiger partial charge is 0.338 e. The van der Waals surface area contributed by atoms with Crippen molar-refractivity contribution >= 4 is 22.7 Å². The zero-order chi connectivity index (χ0) is 16.7. The van der Waals surface area contributed by atoms with E-state index in [2.05, 4.69) is 6.58 Å². The van der Waals surface area contributed by atoms with E-state index in [0.717, 1.165) is 17.0 Å². The van der Waals surface area contributed by atoms with Crippen LogP contribution in [-0.2, 0) is 9.47 Å². The van der Waals surface area contributed by atoms with Crippen LogP contribution in [0.4, 0.5) is 0 Å². The summed E-state index contributed by atoms with van der Waals surface area (Å²) in [6.45, 7) is 3.65. The molecule has 0 aliphatic carbocycles. The van der Waals surface area contributed by atoms with Gasteiger partial charge >= 0.3 is 11.9 Å². The molecule has 0 amide bonds. The molecule has 2 aromatic rings. The maximum absolute atomic E-state index is 11.8. The fourth-order valence-electron chi connectivity index (χ4n) is 1.97. The first kappa shape index (κ1) is 16.3. The van der Waals surface area contributed by atoms with Crippen molar-refractivity contribution in [1.82, 2.24) is 0 Å². The van der Waals surface area contributed by atoms with Gasteiger partial charge in [0.25, 0.3) is 0 Å². The molecule has 118 valence electrons. The maximum Gasteiger partial charge on any atom is 0.338 e. The lowest BCUT2D eigenvalue weighted by Crippen LogP contribution is -2.06. The van der Waals surface area contributed by atoms with Gasteiger partial charge in [-0.15, -0.1) is 0 Å². The van der Waals surface area contributed by atoms with Gasteiger partial charge in [0.05, 0.1) is 17.4 Å². The van der Waals surface area contributed by atoms with Gasteiger partial charge in [0.2, 0.25) is 0 Å². The molecule has 0 fully saturated rings. The molecule has 2 aromatic carbocycles. The highest BCUT2D eigenvalue weighted by atomic mass is 16.5. The fraction of sp³-hybridized carbons (Fsp3) is 0.111. The van der Waals surface area contributed by atoms with Gasteiger partial charge in [0.15, 0.2) is 0 Å². The number of hydrogen-bond donors (Lipinski definition) is 1. The van der Waals surface area contributed by atoms with Crippen LogP contribution in [0.3, 0.4) is 0 Å². The summed E-state index contributed by atoms with van der Waals surface area (Å²) in [6, 6.07) is 10.1. The second-order valence-corrected chi connectivity index (χ2v) is 4.65. The number of fused-ring (bicyclic) bond motifs is 1. The summed E-state index contributed by atoms with van der Waals surface area (Å²) in [7, 11) is 0. The van der Waals surface area contributed by atoms with E-state index in [1.54, 1.807) is 36.4 Å². The summed E-state index contributed by atoms with van der Waals surface area (Å²) < 4.78 is 9.94. The number of hydrogen-bond acceptors (Lipinski definition) is 5. The molecule has 0 saturated heterocycles. The number of carbonyl (C=O) groups excluding carboxylic acids is 2. The lowest BCUT2D eigenvalue weighted by atomic mass is 10.0. The van der Waals surface area contributed by atoms with Crippen molar-refractivity contribution in [2.75, 3.05) is 13.2 Å². The van der Waals surface area contributed by atoms with E-state index in [9.17, 15) is 9.59 Å². The highest BCUT2D eigenvalue weighted by molar-refractivity contribution is 5.99. The molecule has 23 heavy (non-hydrogen) atoms. The van der Waals surface area contributed by atoms with Crippen molar-refractivity contribution in [2.45, 2.75) is 0 Å². The van der Waals surface area contributed by atoms with E-state index in [4.69, 9.17) is 14.6 Å². The average molecular weight is 312 g/mol. The lowest BCUT2D eigenvalue weighted by molar-refractivity contribution is 0.0539. The summed E-state index contributed by atoms with van der Waals surface area (Å²) in [4.78, 5) is 23.6. The Balaban J connectivity index is 2.19. The van der Waals surface area contributed by atoms with E-state index in [0.29, 0.717) is 11.1 Å². The molecule has 0 heterocycles. The van der Waals surface area contributed by atoms with E-state index in [-0.39, 0.29) is 13.2 Å². The first-order valence-electron chi connectivity index (χ1n) is 6.94. The van der Waals surface area contributed by atoms with Gasteiger partial charge in [0, 0.05) is 0 Å². The minimum Gasteiger partial charge on any atom is -0.516 e. The number of aliphatic hydroxyl groups is 1. The fourth-order valence-corrected chi connectivity index (χ4v) is 1.97. The second kappa shape index (κ2) is 7.79. The Morgan fingerprint density at radius 2 is 1.48 bits per heavy atom. The van der Waals surface area contributed by atoms with Crippen LogP contribution in [0.2, 0.25) is 0 Å². The van der Waals surface area contributed by atoms with Crippen LogP contribution in [-0.4, -0.2) is 30.3 Å². The summed E-state index contributed by atoms with van der Waals surface area (Å²) >= 11 is 0. The quantitative estimate of drug-likeness (QED) is 0.503. The third kappa shape index (κ3) is 4.20. The SMILES string of the molecule is C=CCOC(=O)c1ccc2cc(C(=O)OCC=CO)ccc2c1. The van der Waals surface area contributed by atoms with Crippen molar-refractivity contribution in [2.24, 2.45) is 0 Å². The van der Waals surface area contributed by atoms with Gasteiger partial charge in [-0.05, 0) is 41.1 Å². The summed E-state index contributed by atoms with van der Waals surface area (Å²) in [5.41, 5.74) is 0.827. The minimum absolute atomic E-state index is 0.00144. The molecule has 0 saturated carbocycles. The van der Waals surface area contributed by atoms with Crippen LogP contribution in [0.1, 0.15) is 20.7 Å². The Kier molecular flexibility index (Phi) is 5.52. The van der Waals surface area contributed by atoms with Crippen LogP contribution < -0.4 is 0 Å². The van der Waals surface area contributed by atoms with Crippen molar-refractivity contribution < 1.29 is 24.2 Å². The Morgan fingerprint density at radius 3 is 1.96 bits per heavy atom. The van der Waals surface area contributed by atoms with Gasteiger partial charge in [-0.1, -0.05) is 24.8 Å². The first-order chi connectivity index (χ1) is 11.2. The number of ether oxygens (including phenoxy) is 2. The second-order valence-electron chi connectivity index (χ2n) is 4.65. The van der Waals surface area contributed by atoms with Gasteiger partial charge in [-0.25, -0.2) is 9.59 Å². The normalized spacial score (nSPS) is 10.6. The molecule has 5 heteroatoms. The largest absolute Gasteiger partial charge is 0.516 e. The molecule has 1 N–H and O–H groups in total. The summed E-state index contributed by atoms with van der Waals surface area (Å²) in [5.74, 6) is -0.912. The van der Waals surface area contributed by atoms with E-state index in [1.165, 1.54) is 12.2 Å². The van der Waals surface area contributed by atoms with Crippen molar-refractivity contribution in [1.29, 1.82) is 0 Å². The molecule has 5 nitrogen and oxygen atoms in total. The molecule has 0 aromatic heterocycles. The number of aliphatic hydroxyl groups excluding tert-OH is 1. The third-order valence-electron chi connectivity index (χ3n) is 3.06. The number of rotatable bonds is 6.